The topological polar surface area (TPSA) is 104 Å². The number of carboxylic acids is 1. The van der Waals surface area contributed by atoms with Crippen LogP contribution >= 0.6 is 11.6 Å². The van der Waals surface area contributed by atoms with Crippen molar-refractivity contribution in [3.63, 3.8) is 0 Å². The Hall–Kier alpha value is 0.486. The quantitative estimate of drug-likeness (QED) is 0.351. The molecule has 1 N–H and O–H groups in total. The van der Waals surface area contributed by atoms with Gasteiger partial charge >= 0.3 is 51.4 Å². The Labute approximate surface area is 151 Å². The van der Waals surface area contributed by atoms with Crippen molar-refractivity contribution in [1.82, 2.24) is 0 Å². The van der Waals surface area contributed by atoms with Crippen molar-refractivity contribution in [3.8, 4) is 0 Å². The summed E-state index contributed by atoms with van der Waals surface area (Å²) in [6.45, 7) is 0.649. The van der Waals surface area contributed by atoms with Gasteiger partial charge in [0.2, 0.25) is 5.79 Å². The molecule has 1 atom stereocenters. The molecule has 18 heavy (non-hydrogen) atoms. The zero-order valence-corrected chi connectivity index (χ0v) is 14.3. The normalized spacial score (nSPS) is 14.4. The van der Waals surface area contributed by atoms with Gasteiger partial charge in [-0.2, -0.15) is 8.42 Å². The van der Waals surface area contributed by atoms with Gasteiger partial charge in [0.25, 0.3) is 10.1 Å². The number of carbonyl (C=O) groups is 1. The minimum absolute atomic E-state index is 0. The molecule has 0 saturated heterocycles. The molecule has 0 aliphatic heterocycles. The van der Waals surface area contributed by atoms with Crippen LogP contribution in [0.1, 0.15) is 6.92 Å². The van der Waals surface area contributed by atoms with E-state index in [1.54, 1.807) is 0 Å². The van der Waals surface area contributed by atoms with Gasteiger partial charge in [0, 0.05) is 5.02 Å². The van der Waals surface area contributed by atoms with Crippen molar-refractivity contribution < 1.29 is 79.0 Å². The molecule has 0 heterocycles. The van der Waals surface area contributed by atoms with E-state index in [1.165, 1.54) is 12.1 Å². The van der Waals surface area contributed by atoms with Crippen molar-refractivity contribution in [1.29, 1.82) is 0 Å². The van der Waals surface area contributed by atoms with Crippen molar-refractivity contribution in [2.24, 2.45) is 0 Å². The summed E-state index contributed by atoms with van der Waals surface area (Å²) in [5.74, 6) is -4.99. The van der Waals surface area contributed by atoms with Gasteiger partial charge in [0.15, 0.2) is 0 Å². The summed E-state index contributed by atoms with van der Waals surface area (Å²) in [4.78, 5) is 10.1. The van der Waals surface area contributed by atoms with Crippen LogP contribution in [-0.2, 0) is 19.1 Å². The van der Waals surface area contributed by atoms with Crippen molar-refractivity contribution in [2.45, 2.75) is 17.6 Å². The fourth-order valence-electron chi connectivity index (χ4n) is 0.897. The number of carbonyl (C=O) groups excluding carboxylic acids is 1. The van der Waals surface area contributed by atoms with E-state index in [4.69, 9.17) is 16.7 Å². The van der Waals surface area contributed by atoms with Crippen LogP contribution < -0.4 is 56.5 Å². The molecular weight excluding hydrogens is 311 g/mol. The Kier molecular flexibility index (Phi) is 6.96. The predicted octanol–water partition coefficient (Wildman–Crippen LogP) is -3.49. The maximum Gasteiger partial charge on any atom is 1.00 e. The van der Waals surface area contributed by atoms with Crippen LogP contribution in [0.25, 0.3) is 0 Å². The average Bonchev–Trinajstić information content (AvgIpc) is 2.16. The SMILES string of the molecule is CC(O)(OS(=O)(=O)c1ccc(Cl)cc1)C(=O)[O-].[K+]. The van der Waals surface area contributed by atoms with Gasteiger partial charge in [-0.15, -0.1) is 0 Å². The molecule has 94 valence electrons. The zero-order valence-electron chi connectivity index (χ0n) is 9.58. The van der Waals surface area contributed by atoms with Gasteiger partial charge in [-0.3, -0.25) is 0 Å². The first-order chi connectivity index (χ1) is 7.65. The molecule has 0 aliphatic carbocycles. The molecule has 1 aromatic rings. The van der Waals surface area contributed by atoms with E-state index < -0.39 is 21.9 Å². The molecule has 1 aromatic carbocycles. The monoisotopic (exact) mass is 318 g/mol. The van der Waals surface area contributed by atoms with Gasteiger partial charge in [0.05, 0.1) is 4.90 Å². The summed E-state index contributed by atoms with van der Waals surface area (Å²) >= 11 is 5.56. The number of hydrogen-bond acceptors (Lipinski definition) is 6. The number of aliphatic hydroxyl groups is 1. The third-order valence-corrected chi connectivity index (χ3v) is 3.40. The van der Waals surface area contributed by atoms with E-state index in [9.17, 15) is 18.3 Å². The number of benzene rings is 1. The summed E-state index contributed by atoms with van der Waals surface area (Å²) in [6.07, 6.45) is 0. The van der Waals surface area contributed by atoms with Crippen LogP contribution in [0.3, 0.4) is 0 Å². The Morgan fingerprint density at radius 1 is 1.39 bits per heavy atom. The molecule has 1 unspecified atom stereocenters. The van der Waals surface area contributed by atoms with Crippen molar-refractivity contribution in [2.75, 3.05) is 0 Å². The molecule has 0 aliphatic rings. The Morgan fingerprint density at radius 2 is 1.83 bits per heavy atom. The van der Waals surface area contributed by atoms with Gasteiger partial charge < -0.3 is 15.0 Å². The Morgan fingerprint density at radius 3 is 2.22 bits per heavy atom. The van der Waals surface area contributed by atoms with E-state index in [1.807, 2.05) is 0 Å². The predicted molar refractivity (Wildman–Crippen MR) is 55.4 cm³/mol. The fraction of sp³-hybridized carbons (Fsp3) is 0.222. The maximum absolute atomic E-state index is 11.5. The van der Waals surface area contributed by atoms with E-state index in [0.717, 1.165) is 12.1 Å². The van der Waals surface area contributed by atoms with E-state index >= 15 is 0 Å². The third kappa shape index (κ3) is 4.87. The van der Waals surface area contributed by atoms with Gasteiger partial charge in [0.1, 0.15) is 5.97 Å². The molecule has 0 aromatic heterocycles. The summed E-state index contributed by atoms with van der Waals surface area (Å²) in [5, 5.41) is 19.9. The summed E-state index contributed by atoms with van der Waals surface area (Å²) < 4.78 is 27.2. The number of aliphatic carboxylic acids is 1. The minimum Gasteiger partial charge on any atom is -0.544 e. The summed E-state index contributed by atoms with van der Waals surface area (Å²) in [6, 6.07) is 4.79. The van der Waals surface area contributed by atoms with E-state index in [2.05, 4.69) is 4.18 Å². The van der Waals surface area contributed by atoms with Crippen LogP contribution in [-0.4, -0.2) is 25.3 Å². The molecule has 6 nitrogen and oxygen atoms in total. The van der Waals surface area contributed by atoms with Crippen LogP contribution in [0.4, 0.5) is 0 Å². The van der Waals surface area contributed by atoms with Gasteiger partial charge in [-0.05, 0) is 31.2 Å². The maximum atomic E-state index is 11.5. The van der Waals surface area contributed by atoms with E-state index in [-0.39, 0.29) is 56.3 Å². The first-order valence-electron chi connectivity index (χ1n) is 4.30. The standard InChI is InChI=1S/C9H9ClO6S.K/c1-9(13,8(11)12)16-17(14,15)7-4-2-6(10)3-5-7;/h2-5,13H,1H3,(H,11,12);/q;+1/p-1. The molecular formula is C9H8ClKO6S. The smallest absolute Gasteiger partial charge is 0.544 e. The zero-order chi connectivity index (χ0) is 13.3. The summed E-state index contributed by atoms with van der Waals surface area (Å²) in [7, 11) is -4.41. The van der Waals surface area contributed by atoms with E-state index in [0.29, 0.717) is 11.9 Å². The second kappa shape index (κ2) is 6.77. The van der Waals surface area contributed by atoms with Crippen LogP contribution in [0.15, 0.2) is 29.2 Å². The van der Waals surface area contributed by atoms with Crippen LogP contribution in [0.5, 0.6) is 0 Å². The van der Waals surface area contributed by atoms with Crippen LogP contribution in [0, 0.1) is 0 Å². The Bertz CT molecular complexity index is 524. The molecule has 0 fully saturated rings. The second-order valence-electron chi connectivity index (χ2n) is 3.26. The first kappa shape index (κ1) is 18.5. The van der Waals surface area contributed by atoms with Gasteiger partial charge in [-0.25, -0.2) is 4.18 Å². The molecule has 0 saturated carbocycles. The third-order valence-electron chi connectivity index (χ3n) is 1.75. The molecule has 0 radical (unpaired) electrons. The second-order valence-corrected chi connectivity index (χ2v) is 5.24. The molecule has 0 amide bonds. The molecule has 0 spiro atoms. The fourth-order valence-corrected chi connectivity index (χ4v) is 2.08. The number of hydrogen-bond donors (Lipinski definition) is 1. The van der Waals surface area contributed by atoms with Crippen molar-refractivity contribution >= 4 is 27.7 Å². The minimum atomic E-state index is -4.41. The summed E-state index contributed by atoms with van der Waals surface area (Å²) in [5.41, 5.74) is 0. The number of halogens is 1. The largest absolute Gasteiger partial charge is 1.00 e. The molecule has 9 heteroatoms. The first-order valence-corrected chi connectivity index (χ1v) is 6.09. The van der Waals surface area contributed by atoms with Crippen molar-refractivity contribution in [3.05, 3.63) is 29.3 Å². The molecule has 0 bridgehead atoms. The number of rotatable bonds is 4. The Balaban J connectivity index is 0.00000289. The molecule has 1 rings (SSSR count). The average molecular weight is 319 g/mol. The van der Waals surface area contributed by atoms with Crippen LogP contribution in [0.2, 0.25) is 5.02 Å². The van der Waals surface area contributed by atoms with Gasteiger partial charge in [-0.1, -0.05) is 11.6 Å². The number of carboxylic acid groups (broad SMARTS) is 1.